The summed E-state index contributed by atoms with van der Waals surface area (Å²) in [7, 11) is 0. The predicted molar refractivity (Wildman–Crippen MR) is 96.1 cm³/mol. The van der Waals surface area contributed by atoms with E-state index in [4.69, 9.17) is 9.47 Å². The van der Waals surface area contributed by atoms with E-state index >= 15 is 0 Å². The van der Waals surface area contributed by atoms with Crippen molar-refractivity contribution in [1.82, 2.24) is 0 Å². The number of carbonyl (C=O) groups excluding carboxylic acids is 1. The standard InChI is InChI=1S/C19H17N3O3.BrH/c23-16(13-6-7-17-18(10-13)25-12-24-17)11-22-15-5-2-1-4-14(15)21-9-3-8-20-19(21)22;/h1-2,4-7,10H,3,8-9,11-12H2;1H. The van der Waals surface area contributed by atoms with Gasteiger partial charge in [0.25, 0.3) is 0 Å². The third kappa shape index (κ3) is 2.63. The van der Waals surface area contributed by atoms with Crippen LogP contribution in [0.15, 0.2) is 47.5 Å². The van der Waals surface area contributed by atoms with E-state index in [-0.39, 0.29) is 37.5 Å². The maximum Gasteiger partial charge on any atom is 1.00 e. The Balaban J connectivity index is 0.00000105. The van der Waals surface area contributed by atoms with E-state index < -0.39 is 0 Å². The highest BCUT2D eigenvalue weighted by Crippen LogP contribution is 2.38. The SMILES string of the molecule is O=C(CN1C2=NCCCN2c2ccccc21)c1ccc2c(c1)OCO2.[Br-].[H+]. The van der Waals surface area contributed by atoms with Crippen LogP contribution in [0.3, 0.4) is 0 Å². The monoisotopic (exact) mass is 415 g/mol. The number of hydrogen-bond acceptors (Lipinski definition) is 6. The number of ether oxygens (including phenoxy) is 2. The number of benzene rings is 2. The summed E-state index contributed by atoms with van der Waals surface area (Å²) in [5.41, 5.74) is 2.79. The Hall–Kier alpha value is -2.54. The number of carbonyl (C=O) groups is 1. The first-order valence-electron chi connectivity index (χ1n) is 8.43. The first-order chi connectivity index (χ1) is 12.3. The number of guanidine groups is 1. The first-order valence-corrected chi connectivity index (χ1v) is 8.43. The molecule has 0 amide bonds. The summed E-state index contributed by atoms with van der Waals surface area (Å²) in [5.74, 6) is 2.22. The zero-order valence-corrected chi connectivity index (χ0v) is 15.6. The van der Waals surface area contributed by atoms with Gasteiger partial charge in [-0.25, -0.2) is 0 Å². The average molecular weight is 416 g/mol. The molecule has 0 saturated heterocycles. The van der Waals surface area contributed by atoms with Crippen molar-refractivity contribution in [1.29, 1.82) is 0 Å². The Bertz CT molecular complexity index is 906. The molecule has 0 unspecified atom stereocenters. The molecule has 3 heterocycles. The van der Waals surface area contributed by atoms with Crippen molar-refractivity contribution < 1.29 is 32.7 Å². The number of hydrogen-bond donors (Lipinski definition) is 0. The zero-order chi connectivity index (χ0) is 16.8. The largest absolute Gasteiger partial charge is 1.00 e. The molecule has 2 aromatic carbocycles. The minimum atomic E-state index is 0. The fourth-order valence-corrected chi connectivity index (χ4v) is 3.54. The molecule has 7 heteroatoms. The second-order valence-corrected chi connectivity index (χ2v) is 6.25. The molecule has 3 aliphatic heterocycles. The lowest BCUT2D eigenvalue weighted by Gasteiger charge is -2.26. The van der Waals surface area contributed by atoms with E-state index in [1.54, 1.807) is 18.2 Å². The lowest BCUT2D eigenvalue weighted by Crippen LogP contribution is -3.00. The van der Waals surface area contributed by atoms with Gasteiger partial charge in [0, 0.05) is 18.7 Å². The summed E-state index contributed by atoms with van der Waals surface area (Å²) in [5, 5.41) is 0. The Morgan fingerprint density at radius 2 is 1.92 bits per heavy atom. The van der Waals surface area contributed by atoms with Crippen molar-refractivity contribution in [2.24, 2.45) is 4.99 Å². The Kier molecular flexibility index (Phi) is 4.32. The summed E-state index contributed by atoms with van der Waals surface area (Å²) >= 11 is 0. The van der Waals surface area contributed by atoms with Crippen molar-refractivity contribution in [3.05, 3.63) is 48.0 Å². The quantitative estimate of drug-likeness (QED) is 0.649. The maximum atomic E-state index is 12.9. The van der Waals surface area contributed by atoms with Crippen molar-refractivity contribution in [2.45, 2.75) is 6.42 Å². The fourth-order valence-electron chi connectivity index (χ4n) is 3.54. The Morgan fingerprint density at radius 3 is 2.81 bits per heavy atom. The molecule has 0 radical (unpaired) electrons. The first kappa shape index (κ1) is 16.9. The highest BCUT2D eigenvalue weighted by Gasteiger charge is 2.35. The van der Waals surface area contributed by atoms with E-state index in [1.165, 1.54) is 0 Å². The van der Waals surface area contributed by atoms with Crippen molar-refractivity contribution in [2.75, 3.05) is 36.2 Å². The molecule has 0 spiro atoms. The number of anilines is 2. The number of Topliss-reactive ketones (excluding diaryl/α,β-unsaturated/α-hetero) is 1. The van der Waals surface area contributed by atoms with E-state index in [9.17, 15) is 4.79 Å². The van der Waals surface area contributed by atoms with E-state index in [0.29, 0.717) is 17.1 Å². The van der Waals surface area contributed by atoms with Crippen LogP contribution in [0.5, 0.6) is 11.5 Å². The van der Waals surface area contributed by atoms with E-state index in [1.807, 2.05) is 23.1 Å². The van der Waals surface area contributed by atoms with Crippen LogP contribution in [0.25, 0.3) is 0 Å². The van der Waals surface area contributed by atoms with Crippen molar-refractivity contribution >= 4 is 23.1 Å². The van der Waals surface area contributed by atoms with Gasteiger partial charge in [0.2, 0.25) is 12.8 Å². The van der Waals surface area contributed by atoms with Crippen LogP contribution in [0, 0.1) is 0 Å². The molecule has 0 saturated carbocycles. The van der Waals surface area contributed by atoms with Gasteiger partial charge >= 0.3 is 1.43 Å². The minimum Gasteiger partial charge on any atom is -1.00 e. The third-order valence-electron chi connectivity index (χ3n) is 4.74. The van der Waals surface area contributed by atoms with Crippen LogP contribution < -0.4 is 36.3 Å². The van der Waals surface area contributed by atoms with Gasteiger partial charge in [-0.2, -0.15) is 0 Å². The van der Waals surface area contributed by atoms with Crippen LogP contribution >= 0.6 is 0 Å². The van der Waals surface area contributed by atoms with Gasteiger partial charge in [0.15, 0.2) is 17.3 Å². The third-order valence-corrected chi connectivity index (χ3v) is 4.74. The van der Waals surface area contributed by atoms with Gasteiger partial charge in [-0.1, -0.05) is 12.1 Å². The molecule has 6 nitrogen and oxygen atoms in total. The molecule has 134 valence electrons. The number of ketones is 1. The van der Waals surface area contributed by atoms with Crippen LogP contribution in [0.1, 0.15) is 18.2 Å². The molecule has 0 aromatic heterocycles. The van der Waals surface area contributed by atoms with Gasteiger partial charge < -0.3 is 36.3 Å². The molecule has 0 atom stereocenters. The summed E-state index contributed by atoms with van der Waals surface area (Å²) in [6, 6.07) is 13.5. The highest BCUT2D eigenvalue weighted by molar-refractivity contribution is 6.19. The second-order valence-electron chi connectivity index (χ2n) is 6.25. The summed E-state index contributed by atoms with van der Waals surface area (Å²) < 4.78 is 10.7. The predicted octanol–water partition coefficient (Wildman–Crippen LogP) is -0.199. The molecule has 0 N–H and O–H groups in total. The summed E-state index contributed by atoms with van der Waals surface area (Å²) in [6.45, 7) is 2.20. The van der Waals surface area contributed by atoms with Gasteiger partial charge in [0.1, 0.15) is 0 Å². The van der Waals surface area contributed by atoms with Crippen LogP contribution in [0.4, 0.5) is 11.4 Å². The van der Waals surface area contributed by atoms with Crippen LogP contribution in [-0.4, -0.2) is 38.2 Å². The number of para-hydroxylation sites is 2. The van der Waals surface area contributed by atoms with Crippen molar-refractivity contribution in [3.63, 3.8) is 0 Å². The molecule has 5 rings (SSSR count). The fraction of sp³-hybridized carbons (Fsp3) is 0.263. The van der Waals surface area contributed by atoms with Gasteiger partial charge in [-0.15, -0.1) is 0 Å². The lowest BCUT2D eigenvalue weighted by atomic mass is 10.1. The number of rotatable bonds is 3. The number of halogens is 1. The van der Waals surface area contributed by atoms with Gasteiger partial charge in [0.05, 0.1) is 17.9 Å². The average Bonchev–Trinajstić information content (AvgIpc) is 3.25. The minimum absolute atomic E-state index is 0. The number of fused-ring (bicyclic) bond motifs is 4. The molecular formula is C19H18BrN3O3. The molecule has 0 aliphatic carbocycles. The van der Waals surface area contributed by atoms with Gasteiger partial charge in [-0.05, 0) is 36.8 Å². The topological polar surface area (TPSA) is 54.4 Å². The smallest absolute Gasteiger partial charge is 1.00 e. The summed E-state index contributed by atoms with van der Waals surface area (Å²) in [4.78, 5) is 21.8. The second kappa shape index (κ2) is 6.64. The highest BCUT2D eigenvalue weighted by atomic mass is 79.9. The van der Waals surface area contributed by atoms with Crippen molar-refractivity contribution in [3.8, 4) is 11.5 Å². The number of nitrogens with zero attached hydrogens (tertiary/aromatic N) is 3. The Labute approximate surface area is 163 Å². The molecule has 26 heavy (non-hydrogen) atoms. The molecule has 2 aromatic rings. The normalized spacial score (nSPS) is 16.5. The van der Waals surface area contributed by atoms with Crippen LogP contribution in [-0.2, 0) is 0 Å². The number of aliphatic imine (C=N–C) groups is 1. The molecular weight excluding hydrogens is 398 g/mol. The zero-order valence-electron chi connectivity index (χ0n) is 15.0. The van der Waals surface area contributed by atoms with Gasteiger partial charge in [-0.3, -0.25) is 9.79 Å². The maximum absolute atomic E-state index is 12.9. The molecule has 3 aliphatic rings. The molecule has 0 bridgehead atoms. The van der Waals surface area contributed by atoms with E-state index in [0.717, 1.165) is 36.8 Å². The lowest BCUT2D eigenvalue weighted by molar-refractivity contribution is -0.0000140. The summed E-state index contributed by atoms with van der Waals surface area (Å²) in [6.07, 6.45) is 1.03. The molecule has 0 fully saturated rings. The Morgan fingerprint density at radius 1 is 1.12 bits per heavy atom. The van der Waals surface area contributed by atoms with Crippen LogP contribution in [0.2, 0.25) is 0 Å². The van der Waals surface area contributed by atoms with E-state index in [2.05, 4.69) is 16.0 Å².